The molecule has 1 aliphatic rings. The summed E-state index contributed by atoms with van der Waals surface area (Å²) in [6.45, 7) is 4.96. The highest BCUT2D eigenvalue weighted by molar-refractivity contribution is 7.89. The first-order valence-corrected chi connectivity index (χ1v) is 12.8. The second-order valence-corrected chi connectivity index (χ2v) is 10.7. The van der Waals surface area contributed by atoms with Crippen LogP contribution in [0, 0.1) is 13.8 Å². The SMILES string of the molecule is Cc1nn(C)c(C)c1-c1cc(C(=O)N2CCN(S(=O)(=O)c3cnn(C)c3)CC2)c2ccccc2n1. The Morgan fingerprint density at radius 2 is 1.74 bits per heavy atom. The lowest BCUT2D eigenvalue weighted by Crippen LogP contribution is -2.50. The summed E-state index contributed by atoms with van der Waals surface area (Å²) in [7, 11) is -0.0819. The van der Waals surface area contributed by atoms with Crippen molar-refractivity contribution in [3.63, 3.8) is 0 Å². The van der Waals surface area contributed by atoms with Gasteiger partial charge in [-0.2, -0.15) is 14.5 Å². The Balaban J connectivity index is 1.45. The first-order chi connectivity index (χ1) is 16.7. The molecule has 0 atom stereocenters. The van der Waals surface area contributed by atoms with Crippen molar-refractivity contribution >= 4 is 26.8 Å². The summed E-state index contributed by atoms with van der Waals surface area (Å²) in [5, 5.41) is 9.24. The molecule has 4 aromatic rings. The van der Waals surface area contributed by atoms with Crippen LogP contribution in [0.15, 0.2) is 47.6 Å². The topological polar surface area (TPSA) is 106 Å². The van der Waals surface area contributed by atoms with Crippen molar-refractivity contribution in [1.82, 2.24) is 33.8 Å². The minimum absolute atomic E-state index is 0.137. The quantitative estimate of drug-likeness (QED) is 0.431. The largest absolute Gasteiger partial charge is 0.336 e. The predicted octanol–water partition coefficient (Wildman–Crippen LogP) is 2.13. The number of aryl methyl sites for hydroxylation is 3. The van der Waals surface area contributed by atoms with Crippen molar-refractivity contribution in [3.8, 4) is 11.3 Å². The van der Waals surface area contributed by atoms with Crippen molar-refractivity contribution in [2.75, 3.05) is 26.2 Å². The fourth-order valence-corrected chi connectivity index (χ4v) is 6.02. The third-order valence-corrected chi connectivity index (χ3v) is 8.41. The van der Waals surface area contributed by atoms with Crippen LogP contribution in [0.3, 0.4) is 0 Å². The van der Waals surface area contributed by atoms with Crippen molar-refractivity contribution in [3.05, 3.63) is 59.7 Å². The molecule has 1 amide bonds. The number of benzene rings is 1. The number of fused-ring (bicyclic) bond motifs is 1. The summed E-state index contributed by atoms with van der Waals surface area (Å²) < 4.78 is 30.6. The van der Waals surface area contributed by atoms with Gasteiger partial charge in [0, 0.05) is 63.1 Å². The van der Waals surface area contributed by atoms with Gasteiger partial charge in [-0.05, 0) is 26.0 Å². The molecule has 10 nitrogen and oxygen atoms in total. The number of carbonyl (C=O) groups is 1. The summed E-state index contributed by atoms with van der Waals surface area (Å²) in [6, 6.07) is 9.42. The first-order valence-electron chi connectivity index (χ1n) is 11.3. The van der Waals surface area contributed by atoms with Crippen molar-refractivity contribution < 1.29 is 13.2 Å². The van der Waals surface area contributed by atoms with E-state index in [0.29, 0.717) is 24.3 Å². The highest BCUT2D eigenvalue weighted by Gasteiger charge is 2.32. The number of aromatic nitrogens is 5. The van der Waals surface area contributed by atoms with Gasteiger partial charge in [-0.15, -0.1) is 0 Å². The number of pyridine rings is 1. The molecule has 1 fully saturated rings. The van der Waals surface area contributed by atoms with Gasteiger partial charge >= 0.3 is 0 Å². The Hall–Kier alpha value is -3.57. The molecule has 0 aliphatic carbocycles. The fourth-order valence-electron chi connectivity index (χ4n) is 4.61. The minimum Gasteiger partial charge on any atom is -0.336 e. The Morgan fingerprint density at radius 3 is 2.37 bits per heavy atom. The van der Waals surface area contributed by atoms with Crippen LogP contribution in [0.25, 0.3) is 22.2 Å². The van der Waals surface area contributed by atoms with E-state index in [9.17, 15) is 13.2 Å². The van der Waals surface area contributed by atoms with Gasteiger partial charge in [-0.25, -0.2) is 13.4 Å². The van der Waals surface area contributed by atoms with E-state index >= 15 is 0 Å². The number of sulfonamides is 1. The zero-order valence-electron chi connectivity index (χ0n) is 20.1. The van der Waals surface area contributed by atoms with E-state index in [1.807, 2.05) is 55.9 Å². The second kappa shape index (κ2) is 8.58. The van der Waals surface area contributed by atoms with Gasteiger partial charge in [-0.3, -0.25) is 14.2 Å². The fraction of sp³-hybridized carbons (Fsp3) is 0.333. The van der Waals surface area contributed by atoms with E-state index in [0.717, 1.165) is 27.9 Å². The first kappa shape index (κ1) is 23.2. The second-order valence-electron chi connectivity index (χ2n) is 8.79. The van der Waals surface area contributed by atoms with E-state index in [1.165, 1.54) is 21.4 Å². The third kappa shape index (κ3) is 4.00. The van der Waals surface area contributed by atoms with E-state index < -0.39 is 10.0 Å². The Kier molecular flexibility index (Phi) is 5.68. The zero-order valence-corrected chi connectivity index (χ0v) is 20.9. The van der Waals surface area contributed by atoms with Gasteiger partial charge in [0.05, 0.1) is 28.7 Å². The van der Waals surface area contributed by atoms with Gasteiger partial charge < -0.3 is 4.90 Å². The smallest absolute Gasteiger partial charge is 0.254 e. The van der Waals surface area contributed by atoms with Crippen LogP contribution in [-0.4, -0.2) is 74.3 Å². The number of carbonyl (C=O) groups excluding carboxylic acids is 1. The van der Waals surface area contributed by atoms with Gasteiger partial charge in [-0.1, -0.05) is 18.2 Å². The molecule has 35 heavy (non-hydrogen) atoms. The van der Waals surface area contributed by atoms with Crippen LogP contribution in [0.2, 0.25) is 0 Å². The Morgan fingerprint density at radius 1 is 1.03 bits per heavy atom. The Labute approximate surface area is 203 Å². The maximum Gasteiger partial charge on any atom is 0.254 e. The lowest BCUT2D eigenvalue weighted by atomic mass is 10.0. The number of hydrogen-bond acceptors (Lipinski definition) is 6. The average Bonchev–Trinajstić information content (AvgIpc) is 3.40. The molecule has 11 heteroatoms. The van der Waals surface area contributed by atoms with E-state index in [1.54, 1.807) is 11.9 Å². The highest BCUT2D eigenvalue weighted by atomic mass is 32.2. The summed E-state index contributed by atoms with van der Waals surface area (Å²) in [4.78, 5) is 20.4. The monoisotopic (exact) mass is 493 g/mol. The molecule has 0 spiro atoms. The van der Waals surface area contributed by atoms with Crippen LogP contribution < -0.4 is 0 Å². The molecule has 1 aliphatic heterocycles. The normalized spacial score (nSPS) is 15.1. The number of nitrogens with zero attached hydrogens (tertiary/aromatic N) is 7. The number of amides is 1. The minimum atomic E-state index is -3.65. The molecule has 0 radical (unpaired) electrons. The molecule has 0 bridgehead atoms. The van der Waals surface area contributed by atoms with Gasteiger partial charge in [0.1, 0.15) is 4.90 Å². The molecule has 0 N–H and O–H groups in total. The molecule has 5 rings (SSSR count). The standard InChI is InChI=1S/C24H27N7O3S/c1-16-23(17(2)29(4)27-16)22-13-20(19-7-5-6-8-21(19)26-22)24(32)30-9-11-31(12-10-30)35(33,34)18-14-25-28(3)15-18/h5-8,13-15H,9-12H2,1-4H3. The van der Waals surface area contributed by atoms with Crippen LogP contribution in [0.5, 0.6) is 0 Å². The molecule has 1 saturated heterocycles. The maximum absolute atomic E-state index is 13.7. The summed E-state index contributed by atoms with van der Waals surface area (Å²) in [5.41, 5.74) is 4.72. The van der Waals surface area contributed by atoms with Gasteiger partial charge in [0.15, 0.2) is 0 Å². The number of para-hydroxylation sites is 1. The van der Waals surface area contributed by atoms with Gasteiger partial charge in [0.2, 0.25) is 10.0 Å². The lowest BCUT2D eigenvalue weighted by molar-refractivity contribution is 0.0700. The molecule has 4 heterocycles. The van der Waals surface area contributed by atoms with Gasteiger partial charge in [0.25, 0.3) is 5.91 Å². The van der Waals surface area contributed by atoms with Crippen LogP contribution in [0.1, 0.15) is 21.7 Å². The molecule has 0 unspecified atom stereocenters. The maximum atomic E-state index is 13.7. The third-order valence-electron chi connectivity index (χ3n) is 6.56. The van der Waals surface area contributed by atoms with Crippen LogP contribution in [0.4, 0.5) is 0 Å². The van der Waals surface area contributed by atoms with E-state index in [4.69, 9.17) is 4.98 Å². The van der Waals surface area contributed by atoms with E-state index in [-0.39, 0.29) is 23.9 Å². The van der Waals surface area contributed by atoms with Crippen molar-refractivity contribution in [2.45, 2.75) is 18.7 Å². The average molecular weight is 494 g/mol. The Bertz CT molecular complexity index is 1550. The lowest BCUT2D eigenvalue weighted by Gasteiger charge is -2.34. The number of rotatable bonds is 4. The zero-order chi connectivity index (χ0) is 24.9. The van der Waals surface area contributed by atoms with Crippen LogP contribution in [-0.2, 0) is 24.1 Å². The molecular weight excluding hydrogens is 466 g/mol. The molecule has 3 aromatic heterocycles. The summed E-state index contributed by atoms with van der Waals surface area (Å²) in [5.74, 6) is -0.137. The highest BCUT2D eigenvalue weighted by Crippen LogP contribution is 2.30. The van der Waals surface area contributed by atoms with E-state index in [2.05, 4.69) is 10.2 Å². The van der Waals surface area contributed by atoms with Crippen molar-refractivity contribution in [1.29, 1.82) is 0 Å². The molecular formula is C24H27N7O3S. The number of piperazine rings is 1. The summed E-state index contributed by atoms with van der Waals surface area (Å²) >= 11 is 0. The van der Waals surface area contributed by atoms with Crippen LogP contribution >= 0.6 is 0 Å². The predicted molar refractivity (Wildman–Crippen MR) is 131 cm³/mol. The van der Waals surface area contributed by atoms with Crippen molar-refractivity contribution in [2.24, 2.45) is 14.1 Å². The molecule has 1 aromatic carbocycles. The molecule has 0 saturated carbocycles. The summed E-state index contributed by atoms with van der Waals surface area (Å²) in [6.07, 6.45) is 2.83. The number of hydrogen-bond donors (Lipinski definition) is 0. The molecule has 182 valence electrons.